The van der Waals surface area contributed by atoms with Crippen LogP contribution in [0.15, 0.2) is 18.2 Å². The third-order valence-electron chi connectivity index (χ3n) is 5.15. The van der Waals surface area contributed by atoms with Gasteiger partial charge in [0.15, 0.2) is 0 Å². The first kappa shape index (κ1) is 13.3. The Hall–Kier alpha value is -1.64. The molecule has 0 aliphatic heterocycles. The minimum Gasteiger partial charge on any atom is -0.497 e. The van der Waals surface area contributed by atoms with Crippen molar-refractivity contribution in [3.63, 3.8) is 0 Å². The fourth-order valence-electron chi connectivity index (χ4n) is 3.75. The average molecular weight is 272 g/mol. The van der Waals surface area contributed by atoms with E-state index in [1.807, 2.05) is 19.1 Å². The molecular weight excluding hydrogens is 252 g/mol. The second-order valence-electron chi connectivity index (χ2n) is 6.25. The largest absolute Gasteiger partial charge is 0.497 e. The van der Waals surface area contributed by atoms with Crippen LogP contribution in [0.25, 0.3) is 0 Å². The van der Waals surface area contributed by atoms with Crippen molar-refractivity contribution in [2.24, 2.45) is 11.3 Å². The summed E-state index contributed by atoms with van der Waals surface area (Å²) in [7, 11) is 1.58. The Bertz CT molecular complexity index is 576. The molecule has 0 spiro atoms. The lowest BCUT2D eigenvalue weighted by Gasteiger charge is -2.38. The highest BCUT2D eigenvalue weighted by Gasteiger charge is 2.48. The first-order chi connectivity index (χ1) is 9.56. The molecule has 3 nitrogen and oxygen atoms in total. The van der Waals surface area contributed by atoms with Crippen LogP contribution in [0.3, 0.4) is 0 Å². The van der Waals surface area contributed by atoms with Gasteiger partial charge in [-0.3, -0.25) is 9.59 Å². The zero-order valence-electron chi connectivity index (χ0n) is 12.1. The highest BCUT2D eigenvalue weighted by atomic mass is 16.5. The summed E-state index contributed by atoms with van der Waals surface area (Å²) in [6.07, 6.45) is 4.92. The van der Waals surface area contributed by atoms with Crippen molar-refractivity contribution in [2.75, 3.05) is 7.11 Å². The Labute approximate surface area is 119 Å². The molecule has 1 aromatic carbocycles. The van der Waals surface area contributed by atoms with Gasteiger partial charge in [-0.05, 0) is 42.9 Å². The lowest BCUT2D eigenvalue weighted by molar-refractivity contribution is -0.127. The Morgan fingerprint density at radius 3 is 2.80 bits per heavy atom. The minimum absolute atomic E-state index is 0.200. The number of methoxy groups -OCH3 is 1. The molecule has 2 aliphatic rings. The smallest absolute Gasteiger partial charge is 0.229 e. The van der Waals surface area contributed by atoms with Gasteiger partial charge in [0.2, 0.25) is 11.6 Å². The molecule has 0 heterocycles. The highest BCUT2D eigenvalue weighted by molar-refractivity contribution is 6.46. The van der Waals surface area contributed by atoms with E-state index < -0.39 is 5.41 Å². The van der Waals surface area contributed by atoms with E-state index >= 15 is 0 Å². The Morgan fingerprint density at radius 2 is 2.05 bits per heavy atom. The van der Waals surface area contributed by atoms with E-state index in [0.717, 1.165) is 37.7 Å². The third kappa shape index (κ3) is 1.88. The molecule has 1 aromatic rings. The van der Waals surface area contributed by atoms with Gasteiger partial charge >= 0.3 is 0 Å². The molecule has 0 N–H and O–H groups in total. The van der Waals surface area contributed by atoms with Crippen molar-refractivity contribution >= 4 is 11.6 Å². The second-order valence-corrected chi connectivity index (χ2v) is 6.25. The van der Waals surface area contributed by atoms with Gasteiger partial charge in [0, 0.05) is 11.0 Å². The van der Waals surface area contributed by atoms with Crippen molar-refractivity contribution in [3.05, 3.63) is 29.3 Å². The number of benzene rings is 1. The lowest BCUT2D eigenvalue weighted by atomic mass is 9.64. The maximum Gasteiger partial charge on any atom is 0.229 e. The SMILES string of the molecule is COc1ccc2c(c1)C(=O)C(=O)C1(C)CCCCC1C2. The first-order valence-corrected chi connectivity index (χ1v) is 7.32. The summed E-state index contributed by atoms with van der Waals surface area (Å²) >= 11 is 0. The maximum atomic E-state index is 12.7. The van der Waals surface area contributed by atoms with Gasteiger partial charge in [0.1, 0.15) is 5.75 Å². The summed E-state index contributed by atoms with van der Waals surface area (Å²) < 4.78 is 5.18. The molecule has 2 aliphatic carbocycles. The number of hydrogen-bond donors (Lipinski definition) is 0. The fourth-order valence-corrected chi connectivity index (χ4v) is 3.75. The van der Waals surface area contributed by atoms with Gasteiger partial charge in [-0.1, -0.05) is 25.8 Å². The van der Waals surface area contributed by atoms with Gasteiger partial charge < -0.3 is 4.74 Å². The highest BCUT2D eigenvalue weighted by Crippen LogP contribution is 2.46. The van der Waals surface area contributed by atoms with E-state index in [2.05, 4.69) is 0 Å². The van der Waals surface area contributed by atoms with Crippen molar-refractivity contribution in [1.29, 1.82) is 0 Å². The van der Waals surface area contributed by atoms with E-state index in [0.29, 0.717) is 17.2 Å². The quantitative estimate of drug-likeness (QED) is 0.737. The molecule has 20 heavy (non-hydrogen) atoms. The van der Waals surface area contributed by atoms with Crippen molar-refractivity contribution in [3.8, 4) is 5.75 Å². The Balaban J connectivity index is 2.10. The lowest BCUT2D eigenvalue weighted by Crippen LogP contribution is -2.41. The summed E-state index contributed by atoms with van der Waals surface area (Å²) in [4.78, 5) is 25.2. The van der Waals surface area contributed by atoms with Crippen LogP contribution >= 0.6 is 0 Å². The molecule has 0 saturated heterocycles. The predicted octanol–water partition coefficient (Wildman–Crippen LogP) is 3.20. The van der Waals surface area contributed by atoms with Crippen molar-refractivity contribution in [2.45, 2.75) is 39.0 Å². The standard InChI is InChI=1S/C17H20O3/c1-17-8-4-3-5-12(17)9-11-6-7-13(20-2)10-14(11)15(18)16(17)19/h6-7,10,12H,3-5,8-9H2,1-2H3. The molecule has 2 atom stereocenters. The number of Topliss-reactive ketones (excluding diaryl/α,β-unsaturated/α-hetero) is 2. The third-order valence-corrected chi connectivity index (χ3v) is 5.15. The molecule has 1 saturated carbocycles. The molecule has 3 heteroatoms. The van der Waals surface area contributed by atoms with Crippen LogP contribution in [0.1, 0.15) is 48.5 Å². The second kappa shape index (κ2) is 4.72. The fraction of sp³-hybridized carbons (Fsp3) is 0.529. The molecular formula is C17H20O3. The molecule has 0 bridgehead atoms. The number of rotatable bonds is 1. The topological polar surface area (TPSA) is 43.4 Å². The van der Waals surface area contributed by atoms with Gasteiger partial charge in [-0.2, -0.15) is 0 Å². The predicted molar refractivity (Wildman–Crippen MR) is 76.1 cm³/mol. The molecule has 0 radical (unpaired) electrons. The van der Waals surface area contributed by atoms with Gasteiger partial charge in [0.05, 0.1) is 7.11 Å². The van der Waals surface area contributed by atoms with Crippen LogP contribution in [0.5, 0.6) is 5.75 Å². The van der Waals surface area contributed by atoms with Crippen molar-refractivity contribution < 1.29 is 14.3 Å². The number of ether oxygens (including phenoxy) is 1. The zero-order valence-corrected chi connectivity index (χ0v) is 12.1. The molecule has 106 valence electrons. The maximum absolute atomic E-state index is 12.7. The van der Waals surface area contributed by atoms with Gasteiger partial charge in [-0.25, -0.2) is 0 Å². The number of ketones is 2. The summed E-state index contributed by atoms with van der Waals surface area (Å²) in [6, 6.07) is 5.54. The van der Waals surface area contributed by atoms with Gasteiger partial charge in [0.25, 0.3) is 0 Å². The van der Waals surface area contributed by atoms with E-state index in [4.69, 9.17) is 4.74 Å². The van der Waals surface area contributed by atoms with E-state index in [1.54, 1.807) is 13.2 Å². The number of carbonyl (C=O) groups is 2. The normalized spacial score (nSPS) is 29.4. The van der Waals surface area contributed by atoms with Crippen LogP contribution in [0.4, 0.5) is 0 Å². The summed E-state index contributed by atoms with van der Waals surface area (Å²) in [6.45, 7) is 1.99. The monoisotopic (exact) mass is 272 g/mol. The van der Waals surface area contributed by atoms with E-state index in [1.165, 1.54) is 0 Å². The Morgan fingerprint density at radius 1 is 1.25 bits per heavy atom. The molecule has 2 unspecified atom stereocenters. The molecule has 1 fully saturated rings. The summed E-state index contributed by atoms with van der Waals surface area (Å²) in [5.41, 5.74) is 1.08. The minimum atomic E-state index is -0.471. The van der Waals surface area contributed by atoms with Crippen molar-refractivity contribution in [1.82, 2.24) is 0 Å². The first-order valence-electron chi connectivity index (χ1n) is 7.32. The number of hydrogen-bond acceptors (Lipinski definition) is 3. The number of fused-ring (bicyclic) bond motifs is 2. The number of carbonyl (C=O) groups excluding carboxylic acids is 2. The van der Waals surface area contributed by atoms with Crippen LogP contribution in [-0.2, 0) is 11.2 Å². The summed E-state index contributed by atoms with van der Waals surface area (Å²) in [5, 5.41) is 0. The molecule has 0 amide bonds. The molecule has 0 aromatic heterocycles. The Kier molecular flexibility index (Phi) is 3.15. The van der Waals surface area contributed by atoms with Crippen LogP contribution in [0.2, 0.25) is 0 Å². The van der Waals surface area contributed by atoms with Gasteiger partial charge in [-0.15, -0.1) is 0 Å². The van der Waals surface area contributed by atoms with Crippen LogP contribution < -0.4 is 4.74 Å². The van der Waals surface area contributed by atoms with E-state index in [9.17, 15) is 9.59 Å². The average Bonchev–Trinajstić information content (AvgIpc) is 2.55. The molecule has 3 rings (SSSR count). The zero-order chi connectivity index (χ0) is 14.3. The van der Waals surface area contributed by atoms with Crippen LogP contribution in [-0.4, -0.2) is 18.7 Å². The van der Waals surface area contributed by atoms with Crippen LogP contribution in [0, 0.1) is 11.3 Å². The summed E-state index contributed by atoms with van der Waals surface area (Å²) in [5.74, 6) is 0.405. The van der Waals surface area contributed by atoms with E-state index in [-0.39, 0.29) is 11.6 Å².